The van der Waals surface area contributed by atoms with Gasteiger partial charge in [-0.3, -0.25) is 43.2 Å². The van der Waals surface area contributed by atoms with Gasteiger partial charge in [0, 0.05) is 19.4 Å². The second-order valence-corrected chi connectivity index (χ2v) is 14.1. The summed E-state index contributed by atoms with van der Waals surface area (Å²) < 4.78 is 0. The van der Waals surface area contributed by atoms with E-state index in [9.17, 15) is 43.2 Å². The molecule has 0 radical (unpaired) electrons. The number of primary amides is 1. The molecule has 1 aromatic carbocycles. The smallest absolute Gasteiger partial charge is 0.322 e. The Morgan fingerprint density at radius 2 is 1.44 bits per heavy atom. The molecule has 8 amide bonds. The Kier molecular flexibility index (Phi) is 18.7. The zero-order valence-electron chi connectivity index (χ0n) is 31.7. The fourth-order valence-corrected chi connectivity index (χ4v) is 5.91. The normalized spacial score (nSPS) is 15.9. The Bertz CT molecular complexity index is 1540. The number of carboxylic acids is 1. The monoisotopic (exact) mass is 773 g/mol. The number of nitrogens with two attached hydrogens (primary N) is 2. The van der Waals surface area contributed by atoms with Gasteiger partial charge in [0.2, 0.25) is 47.3 Å². The lowest BCUT2D eigenvalue weighted by atomic mass is 9.98. The van der Waals surface area contributed by atoms with E-state index in [0.29, 0.717) is 12.0 Å². The quantitative estimate of drug-likeness (QED) is 0.0589. The van der Waals surface area contributed by atoms with Gasteiger partial charge in [-0.1, -0.05) is 58.0 Å². The van der Waals surface area contributed by atoms with Crippen LogP contribution < -0.4 is 43.4 Å². The van der Waals surface area contributed by atoms with Crippen LogP contribution in [-0.2, 0) is 49.6 Å². The average molecular weight is 774 g/mol. The molecule has 55 heavy (non-hydrogen) atoms. The summed E-state index contributed by atoms with van der Waals surface area (Å²) >= 11 is 0. The Balaban J connectivity index is 2.28. The molecule has 304 valence electrons. The number of amides is 8. The largest absolute Gasteiger partial charge is 0.480 e. The van der Waals surface area contributed by atoms with Crippen molar-refractivity contribution in [3.8, 4) is 0 Å². The van der Waals surface area contributed by atoms with Gasteiger partial charge >= 0.3 is 5.97 Å². The molecule has 5 atom stereocenters. The van der Waals surface area contributed by atoms with Crippen molar-refractivity contribution in [3.05, 3.63) is 35.9 Å². The second-order valence-electron chi connectivity index (χ2n) is 14.1. The molecule has 0 unspecified atom stereocenters. The number of aliphatic carboxylic acids is 1. The fourth-order valence-electron chi connectivity index (χ4n) is 5.91. The van der Waals surface area contributed by atoms with Gasteiger partial charge in [-0.2, -0.15) is 0 Å². The van der Waals surface area contributed by atoms with Crippen molar-refractivity contribution in [1.82, 2.24) is 36.8 Å². The predicted molar refractivity (Wildman–Crippen MR) is 198 cm³/mol. The minimum absolute atomic E-state index is 0.0517. The third-order valence-corrected chi connectivity index (χ3v) is 8.70. The molecule has 1 fully saturated rings. The Labute approximate surface area is 319 Å². The summed E-state index contributed by atoms with van der Waals surface area (Å²) in [6.07, 6.45) is 0.374. The van der Waals surface area contributed by atoms with Crippen LogP contribution in [0.25, 0.3) is 0 Å². The maximum absolute atomic E-state index is 13.8. The van der Waals surface area contributed by atoms with Gasteiger partial charge in [0.1, 0.15) is 36.8 Å². The van der Waals surface area contributed by atoms with E-state index >= 15 is 0 Å². The Morgan fingerprint density at radius 1 is 0.800 bits per heavy atom. The number of likely N-dealkylation sites (tertiary alicyclic amines) is 1. The van der Waals surface area contributed by atoms with Crippen LogP contribution in [0.5, 0.6) is 0 Å². The highest BCUT2D eigenvalue weighted by Crippen LogP contribution is 2.20. The van der Waals surface area contributed by atoms with Gasteiger partial charge in [0.15, 0.2) is 0 Å². The number of nitrogens with zero attached hydrogens (tertiary/aromatic N) is 1. The molecule has 0 spiro atoms. The van der Waals surface area contributed by atoms with Crippen molar-refractivity contribution in [2.75, 3.05) is 26.2 Å². The Morgan fingerprint density at radius 3 is 2.02 bits per heavy atom. The summed E-state index contributed by atoms with van der Waals surface area (Å²) in [6.45, 7) is 5.68. The lowest BCUT2D eigenvalue weighted by Gasteiger charge is -2.31. The molecule has 1 aliphatic rings. The lowest BCUT2D eigenvalue weighted by molar-refractivity contribution is -0.143. The first kappa shape index (κ1) is 45.6. The molecular weight excluding hydrogens is 718 g/mol. The number of carbonyl (C=O) groups excluding carboxylic acids is 8. The van der Waals surface area contributed by atoms with E-state index in [1.165, 1.54) is 4.90 Å². The summed E-state index contributed by atoms with van der Waals surface area (Å²) in [4.78, 5) is 116. The van der Waals surface area contributed by atoms with E-state index in [0.717, 1.165) is 0 Å². The van der Waals surface area contributed by atoms with Crippen LogP contribution in [0, 0.1) is 11.8 Å². The third-order valence-electron chi connectivity index (χ3n) is 8.70. The van der Waals surface area contributed by atoms with Gasteiger partial charge < -0.3 is 53.4 Å². The molecule has 1 saturated heterocycles. The van der Waals surface area contributed by atoms with E-state index in [2.05, 4.69) is 31.9 Å². The molecule has 0 aromatic heterocycles. The molecule has 0 aliphatic carbocycles. The van der Waals surface area contributed by atoms with Crippen molar-refractivity contribution in [2.24, 2.45) is 23.3 Å². The van der Waals surface area contributed by atoms with E-state index in [1.54, 1.807) is 44.2 Å². The summed E-state index contributed by atoms with van der Waals surface area (Å²) in [5, 5.41) is 24.1. The summed E-state index contributed by atoms with van der Waals surface area (Å²) in [5.41, 5.74) is 11.3. The van der Waals surface area contributed by atoms with E-state index in [1.807, 2.05) is 13.8 Å². The zero-order valence-corrected chi connectivity index (χ0v) is 31.7. The average Bonchev–Trinajstić information content (AvgIpc) is 3.62. The number of benzene rings is 1. The number of rotatable bonds is 22. The predicted octanol–water partition coefficient (Wildman–Crippen LogP) is -2.60. The molecule has 1 heterocycles. The number of carboxylic acid groups (broad SMARTS) is 1. The first-order chi connectivity index (χ1) is 25.9. The highest BCUT2D eigenvalue weighted by molar-refractivity contribution is 5.97. The molecule has 19 nitrogen and oxygen atoms in total. The SMILES string of the molecule is CC(C)C[C@H](NC(=O)[C@H](Cc1ccccc1)NC(=O)CNC(=O)CN)C(=O)N[C@H](C(=O)N[C@@H](CCC(N)=O)C(=O)N1CCC[C@H]1C(=O)NCC(=O)O)C(C)C. The molecule has 1 aromatic rings. The van der Waals surface area contributed by atoms with Crippen molar-refractivity contribution in [3.63, 3.8) is 0 Å². The molecule has 0 saturated carbocycles. The van der Waals surface area contributed by atoms with Crippen LogP contribution in [0.2, 0.25) is 0 Å². The highest BCUT2D eigenvalue weighted by atomic mass is 16.4. The first-order valence-electron chi connectivity index (χ1n) is 18.2. The molecule has 2 rings (SSSR count). The summed E-state index contributed by atoms with van der Waals surface area (Å²) in [6, 6.07) is 2.93. The van der Waals surface area contributed by atoms with Gasteiger partial charge in [0.05, 0.1) is 13.1 Å². The van der Waals surface area contributed by atoms with Crippen molar-refractivity contribution in [1.29, 1.82) is 0 Å². The Hall–Kier alpha value is -5.59. The van der Waals surface area contributed by atoms with Crippen molar-refractivity contribution >= 4 is 53.2 Å². The highest BCUT2D eigenvalue weighted by Gasteiger charge is 2.39. The van der Waals surface area contributed by atoms with Crippen LogP contribution in [0.4, 0.5) is 0 Å². The number of carbonyl (C=O) groups is 9. The first-order valence-corrected chi connectivity index (χ1v) is 18.2. The molecule has 0 bridgehead atoms. The van der Waals surface area contributed by atoms with Crippen LogP contribution in [-0.4, -0.2) is 120 Å². The van der Waals surface area contributed by atoms with Crippen LogP contribution in [0.15, 0.2) is 30.3 Å². The number of hydrogen-bond donors (Lipinski definition) is 9. The van der Waals surface area contributed by atoms with Gasteiger partial charge in [0.25, 0.3) is 0 Å². The van der Waals surface area contributed by atoms with Gasteiger partial charge in [-0.05, 0) is 43.1 Å². The number of nitrogens with one attached hydrogen (secondary N) is 6. The van der Waals surface area contributed by atoms with Crippen molar-refractivity contribution < 1.29 is 48.3 Å². The minimum Gasteiger partial charge on any atom is -0.480 e. The minimum atomic E-state index is -1.32. The summed E-state index contributed by atoms with van der Waals surface area (Å²) in [5.74, 6) is -7.46. The maximum atomic E-state index is 13.8. The summed E-state index contributed by atoms with van der Waals surface area (Å²) in [7, 11) is 0. The van der Waals surface area contributed by atoms with Gasteiger partial charge in [-0.15, -0.1) is 0 Å². The van der Waals surface area contributed by atoms with Crippen molar-refractivity contribution in [2.45, 2.75) is 96.4 Å². The molecular formula is C36H55N9O10. The van der Waals surface area contributed by atoms with Crippen LogP contribution in [0.3, 0.4) is 0 Å². The topological polar surface area (TPSA) is 301 Å². The fraction of sp³-hybridized carbons (Fsp3) is 0.583. The number of hydrogen-bond acceptors (Lipinski definition) is 10. The van der Waals surface area contributed by atoms with Gasteiger partial charge in [-0.25, -0.2) is 0 Å². The third kappa shape index (κ3) is 15.7. The zero-order chi connectivity index (χ0) is 41.2. The molecule has 1 aliphatic heterocycles. The molecule has 11 N–H and O–H groups in total. The van der Waals surface area contributed by atoms with E-state index < -0.39 is 102 Å². The maximum Gasteiger partial charge on any atom is 0.322 e. The lowest BCUT2D eigenvalue weighted by Crippen LogP contribution is -2.60. The molecule has 19 heteroatoms. The van der Waals surface area contributed by atoms with E-state index in [-0.39, 0.29) is 51.1 Å². The van der Waals surface area contributed by atoms with Crippen LogP contribution in [0.1, 0.15) is 65.4 Å². The second kappa shape index (κ2) is 22.6. The standard InChI is InChI=1S/C36H55N9O10/c1-20(2)15-24(43-32(51)25(16-22-9-6-5-7-10-22)41-29(48)18-39-28(47)17-37)33(52)44-31(21(3)4)35(54)42-23(12-13-27(38)46)36(55)45-14-8-11-26(45)34(53)40-19-30(49)50/h5-7,9-10,20-21,23-26,31H,8,11-19,37H2,1-4H3,(H2,38,46)(H,39,47)(H,40,53)(H,41,48)(H,42,54)(H,43,51)(H,44,52)(H,49,50)/t23-,24-,25-,26-,31-/m0/s1. The van der Waals surface area contributed by atoms with Crippen LogP contribution >= 0.6 is 0 Å². The van der Waals surface area contributed by atoms with E-state index in [4.69, 9.17) is 16.6 Å².